The topological polar surface area (TPSA) is 54.7 Å². The lowest BCUT2D eigenvalue weighted by molar-refractivity contribution is 0.738. The molecule has 2 aromatic rings. The Morgan fingerprint density at radius 2 is 2.25 bits per heavy atom. The second-order valence-corrected chi connectivity index (χ2v) is 4.18. The third-order valence-corrected chi connectivity index (χ3v) is 2.63. The fraction of sp³-hybridized carbons (Fsp3) is 0.308. The number of nitrogens with two attached hydrogens (primary N) is 1. The summed E-state index contributed by atoms with van der Waals surface area (Å²) in [5.41, 5.74) is 8.13. The van der Waals surface area contributed by atoms with Gasteiger partial charge >= 0.3 is 0 Å². The molecule has 0 amide bonds. The van der Waals surface area contributed by atoms with Crippen molar-refractivity contribution in [3.63, 3.8) is 0 Å². The van der Waals surface area contributed by atoms with Gasteiger partial charge in [0.15, 0.2) is 0 Å². The van der Waals surface area contributed by atoms with E-state index in [1.54, 1.807) is 0 Å². The molecule has 0 fully saturated rings. The van der Waals surface area contributed by atoms with Crippen molar-refractivity contribution in [1.29, 1.82) is 5.26 Å². The number of benzene rings is 1. The molecule has 1 heterocycles. The number of hydrogen-bond donors (Lipinski definition) is 1. The average Bonchev–Trinajstić information content (AvgIpc) is 2.61. The lowest BCUT2D eigenvalue weighted by atomic mass is 10.1. The van der Waals surface area contributed by atoms with Gasteiger partial charge in [0.25, 0.3) is 0 Å². The zero-order valence-electron chi connectivity index (χ0n) is 9.35. The van der Waals surface area contributed by atoms with Crippen LogP contribution in [0, 0.1) is 11.3 Å². The maximum atomic E-state index is 8.68. The summed E-state index contributed by atoms with van der Waals surface area (Å²) in [4.78, 5) is 0. The second kappa shape index (κ2) is 4.38. The molecule has 82 valence electrons. The number of hydrogen-bond acceptors (Lipinski definition) is 2. The third kappa shape index (κ3) is 2.07. The van der Waals surface area contributed by atoms with E-state index >= 15 is 0 Å². The first-order valence-electron chi connectivity index (χ1n) is 5.41. The van der Waals surface area contributed by atoms with Gasteiger partial charge in [-0.05, 0) is 42.5 Å². The van der Waals surface area contributed by atoms with Gasteiger partial charge in [-0.1, -0.05) is 6.07 Å². The number of nitrogens with zero attached hydrogens (tertiary/aromatic N) is 2. The summed E-state index contributed by atoms with van der Waals surface area (Å²) in [5, 5.41) is 9.86. The van der Waals surface area contributed by atoms with Gasteiger partial charge in [0.05, 0.1) is 6.07 Å². The molecule has 0 aliphatic rings. The maximum Gasteiger partial charge on any atom is 0.110 e. The van der Waals surface area contributed by atoms with E-state index in [1.165, 1.54) is 10.9 Å². The van der Waals surface area contributed by atoms with Crippen LogP contribution in [0.5, 0.6) is 0 Å². The zero-order valence-corrected chi connectivity index (χ0v) is 9.35. The van der Waals surface area contributed by atoms with Crippen LogP contribution < -0.4 is 5.73 Å². The summed E-state index contributed by atoms with van der Waals surface area (Å²) < 4.78 is 1.95. The summed E-state index contributed by atoms with van der Waals surface area (Å²) in [6.45, 7) is 2.40. The van der Waals surface area contributed by atoms with Crippen molar-refractivity contribution in [3.8, 4) is 6.07 Å². The molecule has 2 N–H and O–H groups in total. The fourth-order valence-electron chi connectivity index (χ4n) is 1.96. The minimum Gasteiger partial charge on any atom is -0.334 e. The Hall–Kier alpha value is -1.79. The summed E-state index contributed by atoms with van der Waals surface area (Å²) in [6, 6.07) is 10.7. The van der Waals surface area contributed by atoms with E-state index in [2.05, 4.69) is 24.3 Å². The van der Waals surface area contributed by atoms with Gasteiger partial charge in [-0.15, -0.1) is 0 Å². The smallest absolute Gasteiger partial charge is 0.110 e. The van der Waals surface area contributed by atoms with Gasteiger partial charge in [-0.25, -0.2) is 0 Å². The molecule has 0 radical (unpaired) electrons. The van der Waals surface area contributed by atoms with Gasteiger partial charge in [0.1, 0.15) is 6.54 Å². The van der Waals surface area contributed by atoms with Crippen LogP contribution in [0.2, 0.25) is 0 Å². The van der Waals surface area contributed by atoms with Gasteiger partial charge in [0, 0.05) is 17.8 Å². The van der Waals surface area contributed by atoms with E-state index in [4.69, 9.17) is 11.0 Å². The molecule has 0 saturated heterocycles. The highest BCUT2D eigenvalue weighted by Crippen LogP contribution is 2.18. The Labute approximate surface area is 95.1 Å². The Morgan fingerprint density at radius 1 is 1.44 bits per heavy atom. The van der Waals surface area contributed by atoms with Crippen molar-refractivity contribution >= 4 is 10.9 Å². The van der Waals surface area contributed by atoms with E-state index in [0.29, 0.717) is 6.54 Å². The Morgan fingerprint density at radius 3 is 2.94 bits per heavy atom. The predicted octanol–water partition coefficient (Wildman–Crippen LogP) is 2.05. The molecule has 3 nitrogen and oxygen atoms in total. The molecule has 3 heteroatoms. The SMILES string of the molecule is CC(N)Cc1ccc2c(ccn2CC#N)c1. The largest absolute Gasteiger partial charge is 0.334 e. The maximum absolute atomic E-state index is 8.68. The number of aromatic nitrogens is 1. The van der Waals surface area contributed by atoms with E-state index < -0.39 is 0 Å². The molecule has 1 aromatic carbocycles. The van der Waals surface area contributed by atoms with Crippen LogP contribution in [0.4, 0.5) is 0 Å². The highest BCUT2D eigenvalue weighted by atomic mass is 14.9. The number of fused-ring (bicyclic) bond motifs is 1. The van der Waals surface area contributed by atoms with Crippen LogP contribution >= 0.6 is 0 Å². The van der Waals surface area contributed by atoms with Crippen LogP contribution in [0.25, 0.3) is 10.9 Å². The molecule has 1 aromatic heterocycles. The molecule has 16 heavy (non-hydrogen) atoms. The van der Waals surface area contributed by atoms with Crippen molar-refractivity contribution in [2.45, 2.75) is 25.9 Å². The van der Waals surface area contributed by atoms with E-state index in [-0.39, 0.29) is 6.04 Å². The molecule has 0 aliphatic heterocycles. The van der Waals surface area contributed by atoms with Crippen molar-refractivity contribution < 1.29 is 0 Å². The molecule has 1 unspecified atom stereocenters. The standard InChI is InChI=1S/C13H15N3/c1-10(15)8-11-2-3-13-12(9-11)4-6-16(13)7-5-14/h2-4,6,9-10H,7-8,15H2,1H3. The van der Waals surface area contributed by atoms with Gasteiger partial charge in [-0.2, -0.15) is 5.26 Å². The lowest BCUT2D eigenvalue weighted by Gasteiger charge is -2.05. The van der Waals surface area contributed by atoms with Gasteiger partial charge < -0.3 is 10.3 Å². The lowest BCUT2D eigenvalue weighted by Crippen LogP contribution is -2.17. The Balaban J connectivity index is 2.38. The summed E-state index contributed by atoms with van der Waals surface area (Å²) in [6.07, 6.45) is 2.84. The third-order valence-electron chi connectivity index (χ3n) is 2.63. The molecule has 0 aliphatic carbocycles. The minimum atomic E-state index is 0.179. The van der Waals surface area contributed by atoms with Crippen LogP contribution in [-0.2, 0) is 13.0 Å². The Kier molecular flexibility index (Phi) is 2.93. The normalized spacial score (nSPS) is 12.6. The number of nitriles is 1. The molecule has 0 spiro atoms. The quantitative estimate of drug-likeness (QED) is 0.848. The van der Waals surface area contributed by atoms with E-state index in [0.717, 1.165) is 11.9 Å². The molecule has 2 rings (SSSR count). The first-order valence-corrected chi connectivity index (χ1v) is 5.41. The van der Waals surface area contributed by atoms with Crippen molar-refractivity contribution in [2.75, 3.05) is 0 Å². The van der Waals surface area contributed by atoms with Crippen LogP contribution in [-0.4, -0.2) is 10.6 Å². The van der Waals surface area contributed by atoms with Crippen molar-refractivity contribution in [3.05, 3.63) is 36.0 Å². The summed E-state index contributed by atoms with van der Waals surface area (Å²) >= 11 is 0. The first kappa shape index (κ1) is 10.7. The molecule has 0 saturated carbocycles. The highest BCUT2D eigenvalue weighted by Gasteiger charge is 2.03. The molecular weight excluding hydrogens is 198 g/mol. The summed E-state index contributed by atoms with van der Waals surface area (Å²) in [7, 11) is 0. The monoisotopic (exact) mass is 213 g/mol. The van der Waals surface area contributed by atoms with Crippen LogP contribution in [0.3, 0.4) is 0 Å². The van der Waals surface area contributed by atoms with Gasteiger partial charge in [0.2, 0.25) is 0 Å². The minimum absolute atomic E-state index is 0.179. The van der Waals surface area contributed by atoms with Crippen molar-refractivity contribution in [2.24, 2.45) is 5.73 Å². The van der Waals surface area contributed by atoms with E-state index in [9.17, 15) is 0 Å². The Bertz CT molecular complexity index is 532. The molecule has 1 atom stereocenters. The number of rotatable bonds is 3. The molecule has 0 bridgehead atoms. The second-order valence-electron chi connectivity index (χ2n) is 4.18. The summed E-state index contributed by atoms with van der Waals surface area (Å²) in [5.74, 6) is 0. The highest BCUT2D eigenvalue weighted by molar-refractivity contribution is 5.81. The van der Waals surface area contributed by atoms with Crippen LogP contribution in [0.15, 0.2) is 30.5 Å². The van der Waals surface area contributed by atoms with Crippen molar-refractivity contribution in [1.82, 2.24) is 4.57 Å². The predicted molar refractivity (Wildman–Crippen MR) is 64.9 cm³/mol. The van der Waals surface area contributed by atoms with E-state index in [1.807, 2.05) is 23.8 Å². The fourth-order valence-corrected chi connectivity index (χ4v) is 1.96. The molecular formula is C13H15N3. The first-order chi connectivity index (χ1) is 7.70. The average molecular weight is 213 g/mol. The van der Waals surface area contributed by atoms with Gasteiger partial charge in [-0.3, -0.25) is 0 Å². The van der Waals surface area contributed by atoms with Crippen LogP contribution in [0.1, 0.15) is 12.5 Å². The zero-order chi connectivity index (χ0) is 11.5.